The van der Waals surface area contributed by atoms with E-state index < -0.39 is 23.6 Å². The van der Waals surface area contributed by atoms with Crippen molar-refractivity contribution in [3.8, 4) is 0 Å². The van der Waals surface area contributed by atoms with E-state index in [2.05, 4.69) is 0 Å². The minimum absolute atomic E-state index is 0.259. The Labute approximate surface area is 106 Å². The average Bonchev–Trinajstić information content (AvgIpc) is 2.72. The summed E-state index contributed by atoms with van der Waals surface area (Å²) in [6.07, 6.45) is -3.29. The van der Waals surface area contributed by atoms with Crippen LogP contribution in [-0.2, 0) is 6.18 Å². The molecule has 0 amide bonds. The predicted octanol–water partition coefficient (Wildman–Crippen LogP) is 3.79. The van der Waals surface area contributed by atoms with Gasteiger partial charge in [0.05, 0.1) is 17.9 Å². The first-order valence-corrected chi connectivity index (χ1v) is 5.47. The van der Waals surface area contributed by atoms with Crippen LogP contribution in [0.4, 0.5) is 17.6 Å². The van der Waals surface area contributed by atoms with Crippen LogP contribution >= 0.6 is 0 Å². The lowest BCUT2D eigenvalue weighted by molar-refractivity contribution is -0.140. The largest absolute Gasteiger partial charge is 0.469 e. The van der Waals surface area contributed by atoms with Gasteiger partial charge in [-0.1, -0.05) is 6.07 Å². The summed E-state index contributed by atoms with van der Waals surface area (Å²) in [6.45, 7) is 1.68. The molecule has 0 radical (unpaired) electrons. The Hall–Kier alpha value is -1.82. The maximum atomic E-state index is 13.4. The van der Waals surface area contributed by atoms with Crippen molar-refractivity contribution in [1.29, 1.82) is 0 Å². The minimum Gasteiger partial charge on any atom is -0.469 e. The SMILES string of the molecule is Cc1occc1C(N)c1ccc(C(F)(F)F)c(F)c1. The molecule has 2 aromatic rings. The lowest BCUT2D eigenvalue weighted by Crippen LogP contribution is -2.14. The average molecular weight is 273 g/mol. The summed E-state index contributed by atoms with van der Waals surface area (Å²) < 4.78 is 55.8. The number of halogens is 4. The van der Waals surface area contributed by atoms with E-state index in [1.54, 1.807) is 13.0 Å². The number of rotatable bonds is 2. The summed E-state index contributed by atoms with van der Waals surface area (Å²) >= 11 is 0. The van der Waals surface area contributed by atoms with E-state index in [1.165, 1.54) is 12.3 Å². The molecule has 1 atom stereocenters. The van der Waals surface area contributed by atoms with Gasteiger partial charge in [0.2, 0.25) is 0 Å². The van der Waals surface area contributed by atoms with Gasteiger partial charge in [0.15, 0.2) is 0 Å². The summed E-state index contributed by atoms with van der Waals surface area (Å²) in [5.74, 6) is -0.783. The van der Waals surface area contributed by atoms with Gasteiger partial charge in [-0.25, -0.2) is 4.39 Å². The second-order valence-electron chi connectivity index (χ2n) is 4.15. The van der Waals surface area contributed by atoms with Crippen molar-refractivity contribution in [1.82, 2.24) is 0 Å². The minimum atomic E-state index is -4.71. The van der Waals surface area contributed by atoms with Gasteiger partial charge in [0.1, 0.15) is 11.6 Å². The highest BCUT2D eigenvalue weighted by Gasteiger charge is 2.34. The first kappa shape index (κ1) is 13.6. The molecule has 1 heterocycles. The Kier molecular flexibility index (Phi) is 3.36. The molecule has 1 aromatic heterocycles. The standard InChI is InChI=1S/C13H11F4NO/c1-7-9(4-5-19-7)12(18)8-2-3-10(11(14)6-8)13(15,16)17/h2-6,12H,18H2,1H3. The lowest BCUT2D eigenvalue weighted by Gasteiger charge is -2.14. The molecule has 19 heavy (non-hydrogen) atoms. The smallest absolute Gasteiger partial charge is 0.419 e. The van der Waals surface area contributed by atoms with Crippen LogP contribution in [0, 0.1) is 12.7 Å². The van der Waals surface area contributed by atoms with Crippen molar-refractivity contribution in [2.24, 2.45) is 5.73 Å². The van der Waals surface area contributed by atoms with Gasteiger partial charge in [-0.3, -0.25) is 0 Å². The zero-order chi connectivity index (χ0) is 14.2. The second kappa shape index (κ2) is 4.70. The molecule has 2 rings (SSSR count). The number of aryl methyl sites for hydroxylation is 1. The summed E-state index contributed by atoms with van der Waals surface area (Å²) in [6, 6.07) is 3.55. The second-order valence-corrected chi connectivity index (χ2v) is 4.15. The molecule has 0 spiro atoms. The molecule has 0 bridgehead atoms. The molecule has 0 saturated heterocycles. The number of hydrogen-bond acceptors (Lipinski definition) is 2. The number of hydrogen-bond donors (Lipinski definition) is 1. The fourth-order valence-electron chi connectivity index (χ4n) is 1.85. The van der Waals surface area contributed by atoms with E-state index in [0.29, 0.717) is 17.4 Å². The first-order valence-electron chi connectivity index (χ1n) is 5.47. The highest BCUT2D eigenvalue weighted by molar-refractivity contribution is 5.35. The molecule has 0 aliphatic carbocycles. The lowest BCUT2D eigenvalue weighted by atomic mass is 9.98. The summed E-state index contributed by atoms with van der Waals surface area (Å²) in [5, 5.41) is 0. The third kappa shape index (κ3) is 2.63. The highest BCUT2D eigenvalue weighted by atomic mass is 19.4. The van der Waals surface area contributed by atoms with Crippen LogP contribution in [0.25, 0.3) is 0 Å². The third-order valence-electron chi connectivity index (χ3n) is 2.89. The topological polar surface area (TPSA) is 39.2 Å². The van der Waals surface area contributed by atoms with Gasteiger partial charge in [0, 0.05) is 5.56 Å². The van der Waals surface area contributed by atoms with Crippen LogP contribution in [0.15, 0.2) is 34.9 Å². The van der Waals surface area contributed by atoms with Gasteiger partial charge in [0.25, 0.3) is 0 Å². The van der Waals surface area contributed by atoms with E-state index >= 15 is 0 Å². The van der Waals surface area contributed by atoms with E-state index in [-0.39, 0.29) is 5.56 Å². The maximum Gasteiger partial charge on any atom is 0.419 e. The number of furan rings is 1. The van der Waals surface area contributed by atoms with Crippen LogP contribution in [0.3, 0.4) is 0 Å². The monoisotopic (exact) mass is 273 g/mol. The van der Waals surface area contributed by atoms with Crippen LogP contribution in [0.1, 0.15) is 28.5 Å². The van der Waals surface area contributed by atoms with Crippen molar-refractivity contribution in [2.75, 3.05) is 0 Å². The van der Waals surface area contributed by atoms with Gasteiger partial charge < -0.3 is 10.2 Å². The summed E-state index contributed by atoms with van der Waals surface area (Å²) in [5.41, 5.74) is 5.45. The summed E-state index contributed by atoms with van der Waals surface area (Å²) in [7, 11) is 0. The van der Waals surface area contributed by atoms with Crippen LogP contribution < -0.4 is 5.73 Å². The van der Waals surface area contributed by atoms with Crippen molar-refractivity contribution >= 4 is 0 Å². The number of benzene rings is 1. The fraction of sp³-hybridized carbons (Fsp3) is 0.231. The van der Waals surface area contributed by atoms with Crippen LogP contribution in [0.5, 0.6) is 0 Å². The molecule has 2 nitrogen and oxygen atoms in total. The molecule has 0 saturated carbocycles. The predicted molar refractivity (Wildman–Crippen MR) is 60.9 cm³/mol. The van der Waals surface area contributed by atoms with E-state index in [4.69, 9.17) is 10.2 Å². The molecular weight excluding hydrogens is 262 g/mol. The quantitative estimate of drug-likeness (QED) is 0.845. The number of alkyl halides is 3. The zero-order valence-corrected chi connectivity index (χ0v) is 9.96. The molecular formula is C13H11F4NO. The molecule has 0 fully saturated rings. The Bertz CT molecular complexity index is 589. The van der Waals surface area contributed by atoms with Gasteiger partial charge in [-0.05, 0) is 30.7 Å². The summed E-state index contributed by atoms with van der Waals surface area (Å²) in [4.78, 5) is 0. The van der Waals surface area contributed by atoms with Crippen molar-refractivity contribution < 1.29 is 22.0 Å². The van der Waals surface area contributed by atoms with E-state index in [0.717, 1.165) is 6.07 Å². The molecule has 0 aliphatic heterocycles. The molecule has 1 aromatic carbocycles. The Morgan fingerprint density at radius 2 is 1.89 bits per heavy atom. The van der Waals surface area contributed by atoms with Gasteiger partial charge in [-0.2, -0.15) is 13.2 Å². The normalized spacial score (nSPS) is 13.6. The molecule has 0 aliphatic rings. The first-order chi connectivity index (χ1) is 8.80. The van der Waals surface area contributed by atoms with Crippen LogP contribution in [-0.4, -0.2) is 0 Å². The molecule has 102 valence electrons. The fourth-order valence-corrected chi connectivity index (χ4v) is 1.85. The van der Waals surface area contributed by atoms with E-state index in [1.807, 2.05) is 0 Å². The molecule has 6 heteroatoms. The van der Waals surface area contributed by atoms with Crippen molar-refractivity contribution in [3.05, 3.63) is 58.8 Å². The van der Waals surface area contributed by atoms with E-state index in [9.17, 15) is 17.6 Å². The molecule has 2 N–H and O–H groups in total. The molecule has 1 unspecified atom stereocenters. The van der Waals surface area contributed by atoms with Crippen molar-refractivity contribution in [2.45, 2.75) is 19.1 Å². The Morgan fingerprint density at radius 1 is 1.21 bits per heavy atom. The Balaban J connectivity index is 2.38. The zero-order valence-electron chi connectivity index (χ0n) is 9.96. The third-order valence-corrected chi connectivity index (χ3v) is 2.89. The van der Waals surface area contributed by atoms with Crippen molar-refractivity contribution in [3.63, 3.8) is 0 Å². The maximum absolute atomic E-state index is 13.4. The van der Waals surface area contributed by atoms with Crippen LogP contribution in [0.2, 0.25) is 0 Å². The van der Waals surface area contributed by atoms with Gasteiger partial charge in [-0.15, -0.1) is 0 Å². The number of nitrogens with two attached hydrogens (primary N) is 1. The van der Waals surface area contributed by atoms with Gasteiger partial charge >= 0.3 is 6.18 Å². The highest BCUT2D eigenvalue weighted by Crippen LogP contribution is 2.33. The Morgan fingerprint density at radius 3 is 2.37 bits per heavy atom.